The molecule has 10 heteroatoms. The van der Waals surface area contributed by atoms with E-state index < -0.39 is 11.4 Å². The number of benzene rings is 1. The minimum Gasteiger partial charge on any atom is -0.364 e. The molecule has 0 radical (unpaired) electrons. The van der Waals surface area contributed by atoms with Gasteiger partial charge in [-0.3, -0.25) is 18.7 Å². The molecule has 4 aromatic heterocycles. The molecule has 0 saturated carbocycles. The third-order valence-electron chi connectivity index (χ3n) is 6.16. The molecule has 0 N–H and O–H groups in total. The van der Waals surface area contributed by atoms with E-state index in [4.69, 9.17) is 9.26 Å². The summed E-state index contributed by atoms with van der Waals surface area (Å²) in [4.78, 5) is 26.9. The molecule has 6 rings (SSSR count). The van der Waals surface area contributed by atoms with E-state index in [1.807, 2.05) is 19.9 Å². The lowest BCUT2D eigenvalue weighted by Gasteiger charge is -2.17. The minimum absolute atomic E-state index is 0.0955. The molecular weight excluding hydrogens is 439 g/mol. The van der Waals surface area contributed by atoms with Crippen LogP contribution in [0, 0.1) is 5.82 Å². The molecule has 1 aliphatic rings. The third-order valence-corrected chi connectivity index (χ3v) is 6.16. The molecule has 9 nitrogen and oxygen atoms in total. The molecule has 0 aliphatic carbocycles. The van der Waals surface area contributed by atoms with Gasteiger partial charge in [0.15, 0.2) is 5.69 Å². The van der Waals surface area contributed by atoms with Crippen molar-refractivity contribution < 1.29 is 13.7 Å². The molecule has 1 aliphatic heterocycles. The highest BCUT2D eigenvalue weighted by Gasteiger charge is 2.35. The average molecular weight is 460 g/mol. The summed E-state index contributed by atoms with van der Waals surface area (Å²) in [6, 6.07) is 10.0. The van der Waals surface area contributed by atoms with Gasteiger partial charge in [-0.05, 0) is 51.0 Å². The maximum atomic E-state index is 15.0. The number of halogens is 1. The van der Waals surface area contributed by atoms with Crippen LogP contribution in [0.2, 0.25) is 0 Å². The second-order valence-corrected chi connectivity index (χ2v) is 8.99. The third kappa shape index (κ3) is 3.29. The second kappa shape index (κ2) is 7.56. The first kappa shape index (κ1) is 20.7. The van der Waals surface area contributed by atoms with Crippen LogP contribution in [0.3, 0.4) is 0 Å². The SMILES string of the molecule is CC1(C)CCC(c2noc(-c3ncn4c3c(=O)n(Cc3ccccn3)c3c(F)cccc34)n2)O1. The molecule has 34 heavy (non-hydrogen) atoms. The fourth-order valence-corrected chi connectivity index (χ4v) is 4.52. The highest BCUT2D eigenvalue weighted by Crippen LogP contribution is 2.38. The first-order valence-electron chi connectivity index (χ1n) is 11.0. The molecule has 0 bridgehead atoms. The highest BCUT2D eigenvalue weighted by molar-refractivity contribution is 5.83. The highest BCUT2D eigenvalue weighted by atomic mass is 19.1. The Morgan fingerprint density at radius 3 is 2.79 bits per heavy atom. The number of hydrogen-bond acceptors (Lipinski definition) is 7. The van der Waals surface area contributed by atoms with Crippen LogP contribution >= 0.6 is 0 Å². The van der Waals surface area contributed by atoms with Gasteiger partial charge in [0.25, 0.3) is 11.4 Å². The fourth-order valence-electron chi connectivity index (χ4n) is 4.52. The Bertz CT molecular complexity index is 1590. The number of nitrogens with zero attached hydrogens (tertiary/aromatic N) is 6. The van der Waals surface area contributed by atoms with Crippen LogP contribution in [-0.2, 0) is 11.3 Å². The van der Waals surface area contributed by atoms with Crippen molar-refractivity contribution in [3.63, 3.8) is 0 Å². The molecule has 5 heterocycles. The van der Waals surface area contributed by atoms with Crippen LogP contribution in [0.4, 0.5) is 4.39 Å². The fraction of sp³-hybridized carbons (Fsp3) is 0.292. The Labute approximate surface area is 192 Å². The van der Waals surface area contributed by atoms with Gasteiger partial charge in [0.2, 0.25) is 5.82 Å². The van der Waals surface area contributed by atoms with E-state index >= 15 is 0 Å². The molecule has 1 unspecified atom stereocenters. The lowest BCUT2D eigenvalue weighted by atomic mass is 10.1. The Hall–Kier alpha value is -3.92. The van der Waals surface area contributed by atoms with E-state index in [1.54, 1.807) is 34.9 Å². The lowest BCUT2D eigenvalue weighted by molar-refractivity contribution is -0.0207. The van der Waals surface area contributed by atoms with E-state index in [0.29, 0.717) is 17.0 Å². The maximum Gasteiger partial charge on any atom is 0.279 e. The number of aromatic nitrogens is 6. The predicted molar refractivity (Wildman–Crippen MR) is 121 cm³/mol. The summed E-state index contributed by atoms with van der Waals surface area (Å²) in [6.45, 7) is 4.13. The molecule has 1 fully saturated rings. The zero-order valence-corrected chi connectivity index (χ0v) is 18.6. The zero-order valence-electron chi connectivity index (χ0n) is 18.6. The van der Waals surface area contributed by atoms with Gasteiger partial charge in [0.05, 0.1) is 23.4 Å². The van der Waals surface area contributed by atoms with Crippen LogP contribution in [0.5, 0.6) is 0 Å². The van der Waals surface area contributed by atoms with E-state index in [1.165, 1.54) is 17.0 Å². The number of pyridine rings is 1. The maximum absolute atomic E-state index is 15.0. The van der Waals surface area contributed by atoms with Gasteiger partial charge in [-0.15, -0.1) is 0 Å². The molecule has 1 aromatic carbocycles. The van der Waals surface area contributed by atoms with Crippen molar-refractivity contribution in [2.45, 2.75) is 44.9 Å². The molecule has 1 saturated heterocycles. The lowest BCUT2D eigenvalue weighted by Crippen LogP contribution is -2.24. The van der Waals surface area contributed by atoms with Gasteiger partial charge in [0.1, 0.15) is 29.3 Å². The summed E-state index contributed by atoms with van der Waals surface area (Å²) < 4.78 is 29.4. The van der Waals surface area contributed by atoms with Crippen molar-refractivity contribution in [2.75, 3.05) is 0 Å². The number of hydrogen-bond donors (Lipinski definition) is 0. The smallest absolute Gasteiger partial charge is 0.279 e. The molecule has 5 aromatic rings. The van der Waals surface area contributed by atoms with E-state index in [0.717, 1.165) is 12.8 Å². The van der Waals surface area contributed by atoms with Gasteiger partial charge in [-0.2, -0.15) is 4.98 Å². The molecule has 0 amide bonds. The molecular formula is C24H21FN6O3. The quantitative estimate of drug-likeness (QED) is 0.401. The normalized spacial score (nSPS) is 17.7. The molecule has 172 valence electrons. The van der Waals surface area contributed by atoms with Crippen LogP contribution in [0.1, 0.15) is 44.3 Å². The van der Waals surface area contributed by atoms with Crippen molar-refractivity contribution in [3.05, 3.63) is 76.6 Å². The minimum atomic E-state index is -0.510. The van der Waals surface area contributed by atoms with Crippen LogP contribution in [-0.4, -0.2) is 34.7 Å². The van der Waals surface area contributed by atoms with Crippen molar-refractivity contribution in [2.24, 2.45) is 0 Å². The topological polar surface area (TPSA) is 100 Å². The average Bonchev–Trinajstić information content (AvgIpc) is 3.55. The van der Waals surface area contributed by atoms with Crippen molar-refractivity contribution in [1.82, 2.24) is 29.1 Å². The Kier molecular flexibility index (Phi) is 4.59. The number of rotatable bonds is 4. The van der Waals surface area contributed by atoms with Gasteiger partial charge < -0.3 is 9.26 Å². The van der Waals surface area contributed by atoms with E-state index in [-0.39, 0.29) is 40.9 Å². The van der Waals surface area contributed by atoms with E-state index in [2.05, 4.69) is 20.1 Å². The van der Waals surface area contributed by atoms with Crippen molar-refractivity contribution >= 4 is 16.6 Å². The Morgan fingerprint density at radius 2 is 2.03 bits per heavy atom. The first-order chi connectivity index (χ1) is 16.4. The number of ether oxygens (including phenoxy) is 1. The van der Waals surface area contributed by atoms with Crippen molar-refractivity contribution in [3.8, 4) is 11.6 Å². The first-order valence-corrected chi connectivity index (χ1v) is 11.0. The molecule has 1 atom stereocenters. The van der Waals surface area contributed by atoms with Crippen LogP contribution < -0.4 is 5.56 Å². The summed E-state index contributed by atoms with van der Waals surface area (Å²) in [5.74, 6) is 0.0224. The number of imidazole rings is 1. The number of para-hydroxylation sites is 1. The largest absolute Gasteiger partial charge is 0.364 e. The van der Waals surface area contributed by atoms with Gasteiger partial charge in [-0.1, -0.05) is 17.3 Å². The van der Waals surface area contributed by atoms with Gasteiger partial charge in [-0.25, -0.2) is 9.37 Å². The predicted octanol–water partition coefficient (Wildman–Crippen LogP) is 3.91. The second-order valence-electron chi connectivity index (χ2n) is 8.99. The van der Waals surface area contributed by atoms with E-state index in [9.17, 15) is 9.18 Å². The Morgan fingerprint density at radius 1 is 1.15 bits per heavy atom. The number of fused-ring (bicyclic) bond motifs is 3. The summed E-state index contributed by atoms with van der Waals surface area (Å²) >= 11 is 0. The van der Waals surface area contributed by atoms with Gasteiger partial charge >= 0.3 is 0 Å². The summed E-state index contributed by atoms with van der Waals surface area (Å²) in [5, 5.41) is 4.08. The van der Waals surface area contributed by atoms with Gasteiger partial charge in [0, 0.05) is 6.20 Å². The standard InChI is InChI=1S/C24H21FN6O3/c1-24(2)10-9-17(33-24)21-28-22(34-29-21)18-20-23(32)30(12-14-6-3-4-11-26-14)19-15(25)7-5-8-16(19)31(20)13-27-18/h3-8,11,13,17H,9-10,12H2,1-2H3. The van der Waals surface area contributed by atoms with Crippen LogP contribution in [0.25, 0.3) is 28.1 Å². The summed E-state index contributed by atoms with van der Waals surface area (Å²) in [6.07, 6.45) is 4.48. The van der Waals surface area contributed by atoms with Crippen LogP contribution in [0.15, 0.2) is 58.2 Å². The summed E-state index contributed by atoms with van der Waals surface area (Å²) in [7, 11) is 0. The van der Waals surface area contributed by atoms with Crippen molar-refractivity contribution in [1.29, 1.82) is 0 Å². The molecule has 0 spiro atoms. The Balaban J connectivity index is 1.53. The zero-order chi connectivity index (χ0) is 23.4. The monoisotopic (exact) mass is 460 g/mol. The summed E-state index contributed by atoms with van der Waals surface area (Å²) in [5.41, 5.74) is 1.05.